The summed E-state index contributed by atoms with van der Waals surface area (Å²) in [5.74, 6) is 0. The molecule has 1 aliphatic heterocycles. The molecule has 1 rings (SSSR count). The molecule has 3 atom stereocenters. The van der Waals surface area contributed by atoms with E-state index in [0.717, 1.165) is 12.1 Å². The van der Waals surface area contributed by atoms with Crippen LogP contribution in [0.25, 0.3) is 0 Å². The molecule has 0 aliphatic carbocycles. The monoisotopic (exact) mass is 113 g/mol. The molecule has 48 valence electrons. The molecule has 1 heteroatoms. The molecule has 8 heavy (non-hydrogen) atoms. The maximum absolute atomic E-state index is 2.51. The first-order valence-corrected chi connectivity index (χ1v) is 3.51. The standard InChI is InChI=1S/C7H15N/c1-4-6(2)8-5-7(8)3/h6-7H,4-5H2,1-3H3/t6?,7-,8?/m1/s1. The zero-order valence-corrected chi connectivity index (χ0v) is 6.02. The summed E-state index contributed by atoms with van der Waals surface area (Å²) in [5, 5.41) is 0. The molecule has 1 heterocycles. The molecular weight excluding hydrogens is 98.1 g/mol. The van der Waals surface area contributed by atoms with E-state index < -0.39 is 0 Å². The molecular formula is C7H15N. The largest absolute Gasteiger partial charge is 0.295 e. The van der Waals surface area contributed by atoms with E-state index in [4.69, 9.17) is 0 Å². The number of hydrogen-bond donors (Lipinski definition) is 0. The highest BCUT2D eigenvalue weighted by Gasteiger charge is 2.31. The van der Waals surface area contributed by atoms with E-state index in [1.54, 1.807) is 0 Å². The summed E-state index contributed by atoms with van der Waals surface area (Å²) >= 11 is 0. The van der Waals surface area contributed by atoms with Crippen LogP contribution in [0.5, 0.6) is 0 Å². The van der Waals surface area contributed by atoms with Gasteiger partial charge in [-0.05, 0) is 20.3 Å². The summed E-state index contributed by atoms with van der Waals surface area (Å²) in [6.45, 7) is 8.15. The minimum Gasteiger partial charge on any atom is -0.295 e. The van der Waals surface area contributed by atoms with Crippen LogP contribution >= 0.6 is 0 Å². The fourth-order valence-corrected chi connectivity index (χ4v) is 1.11. The summed E-state index contributed by atoms with van der Waals surface area (Å²) < 4.78 is 0. The molecule has 0 aromatic rings. The van der Waals surface area contributed by atoms with Gasteiger partial charge in [-0.2, -0.15) is 0 Å². The lowest BCUT2D eigenvalue weighted by Gasteiger charge is -2.08. The van der Waals surface area contributed by atoms with Crippen LogP contribution in [0.2, 0.25) is 0 Å². The Kier molecular flexibility index (Phi) is 1.57. The van der Waals surface area contributed by atoms with Gasteiger partial charge in [-0.3, -0.25) is 4.90 Å². The average molecular weight is 113 g/mol. The highest BCUT2D eigenvalue weighted by atomic mass is 15.3. The van der Waals surface area contributed by atoms with Crippen molar-refractivity contribution in [3.05, 3.63) is 0 Å². The fourth-order valence-electron chi connectivity index (χ4n) is 1.11. The fraction of sp³-hybridized carbons (Fsp3) is 1.00. The van der Waals surface area contributed by atoms with Crippen molar-refractivity contribution in [2.75, 3.05) is 6.54 Å². The predicted molar refractivity (Wildman–Crippen MR) is 35.9 cm³/mol. The molecule has 0 bridgehead atoms. The van der Waals surface area contributed by atoms with Crippen LogP contribution in [0.15, 0.2) is 0 Å². The van der Waals surface area contributed by atoms with Crippen LogP contribution in [0, 0.1) is 0 Å². The lowest BCUT2D eigenvalue weighted by atomic mass is 10.3. The van der Waals surface area contributed by atoms with E-state index in [2.05, 4.69) is 25.7 Å². The normalized spacial score (nSPS) is 39.4. The Hall–Kier alpha value is -0.0400. The zero-order chi connectivity index (χ0) is 6.15. The van der Waals surface area contributed by atoms with Gasteiger partial charge in [-0.25, -0.2) is 0 Å². The Morgan fingerprint density at radius 2 is 2.25 bits per heavy atom. The summed E-state index contributed by atoms with van der Waals surface area (Å²) in [6.07, 6.45) is 1.30. The van der Waals surface area contributed by atoms with Crippen LogP contribution < -0.4 is 0 Å². The molecule has 1 aliphatic rings. The Labute approximate surface area is 51.7 Å². The molecule has 0 radical (unpaired) electrons. The topological polar surface area (TPSA) is 3.01 Å². The Balaban J connectivity index is 2.18. The maximum Gasteiger partial charge on any atom is 0.0198 e. The van der Waals surface area contributed by atoms with Gasteiger partial charge in [0.25, 0.3) is 0 Å². The third kappa shape index (κ3) is 1.03. The number of rotatable bonds is 2. The van der Waals surface area contributed by atoms with Gasteiger partial charge in [0.15, 0.2) is 0 Å². The molecule has 2 unspecified atom stereocenters. The average Bonchev–Trinajstić information content (AvgIpc) is 2.45. The summed E-state index contributed by atoms with van der Waals surface area (Å²) in [5.41, 5.74) is 0. The van der Waals surface area contributed by atoms with Gasteiger partial charge in [0, 0.05) is 18.6 Å². The summed E-state index contributed by atoms with van der Waals surface area (Å²) in [7, 11) is 0. The first-order valence-electron chi connectivity index (χ1n) is 3.51. The van der Waals surface area contributed by atoms with Crippen molar-refractivity contribution >= 4 is 0 Å². The third-order valence-electron chi connectivity index (χ3n) is 2.06. The minimum absolute atomic E-state index is 0.824. The van der Waals surface area contributed by atoms with Gasteiger partial charge in [-0.15, -0.1) is 0 Å². The summed E-state index contributed by atoms with van der Waals surface area (Å²) in [4.78, 5) is 2.51. The van der Waals surface area contributed by atoms with Crippen LogP contribution in [0.1, 0.15) is 27.2 Å². The molecule has 1 nitrogen and oxygen atoms in total. The molecule has 0 amide bonds. The van der Waals surface area contributed by atoms with Crippen molar-refractivity contribution in [2.24, 2.45) is 0 Å². The molecule has 0 saturated carbocycles. The van der Waals surface area contributed by atoms with E-state index in [1.807, 2.05) is 0 Å². The van der Waals surface area contributed by atoms with E-state index in [9.17, 15) is 0 Å². The van der Waals surface area contributed by atoms with Crippen molar-refractivity contribution in [3.63, 3.8) is 0 Å². The van der Waals surface area contributed by atoms with Crippen molar-refractivity contribution in [1.82, 2.24) is 4.90 Å². The number of hydrogen-bond acceptors (Lipinski definition) is 1. The van der Waals surface area contributed by atoms with Gasteiger partial charge >= 0.3 is 0 Å². The third-order valence-corrected chi connectivity index (χ3v) is 2.06. The second kappa shape index (κ2) is 2.06. The van der Waals surface area contributed by atoms with Crippen molar-refractivity contribution in [2.45, 2.75) is 39.3 Å². The first-order chi connectivity index (χ1) is 3.75. The van der Waals surface area contributed by atoms with Crippen LogP contribution in [0.3, 0.4) is 0 Å². The molecule has 1 fully saturated rings. The van der Waals surface area contributed by atoms with Crippen molar-refractivity contribution < 1.29 is 0 Å². The first kappa shape index (κ1) is 6.09. The molecule has 0 N–H and O–H groups in total. The van der Waals surface area contributed by atoms with E-state index >= 15 is 0 Å². The lowest BCUT2D eigenvalue weighted by Crippen LogP contribution is -2.13. The Morgan fingerprint density at radius 1 is 1.75 bits per heavy atom. The smallest absolute Gasteiger partial charge is 0.0198 e. The van der Waals surface area contributed by atoms with Gasteiger partial charge in [0.1, 0.15) is 0 Å². The maximum atomic E-state index is 2.51. The highest BCUT2D eigenvalue weighted by Crippen LogP contribution is 2.21. The second-order valence-electron chi connectivity index (χ2n) is 2.80. The van der Waals surface area contributed by atoms with Gasteiger partial charge in [0.2, 0.25) is 0 Å². The minimum atomic E-state index is 0.824. The van der Waals surface area contributed by atoms with Gasteiger partial charge in [-0.1, -0.05) is 6.92 Å². The molecule has 1 saturated heterocycles. The van der Waals surface area contributed by atoms with E-state index in [0.29, 0.717) is 0 Å². The Morgan fingerprint density at radius 3 is 2.38 bits per heavy atom. The Bertz CT molecular complexity index is 78.5. The van der Waals surface area contributed by atoms with Gasteiger partial charge < -0.3 is 0 Å². The quantitative estimate of drug-likeness (QED) is 0.490. The van der Waals surface area contributed by atoms with Crippen LogP contribution in [-0.4, -0.2) is 23.5 Å². The van der Waals surface area contributed by atoms with Crippen molar-refractivity contribution in [3.8, 4) is 0 Å². The van der Waals surface area contributed by atoms with Gasteiger partial charge in [0.05, 0.1) is 0 Å². The molecule has 0 aromatic heterocycles. The van der Waals surface area contributed by atoms with Crippen molar-refractivity contribution in [1.29, 1.82) is 0 Å². The van der Waals surface area contributed by atoms with Crippen LogP contribution in [0.4, 0.5) is 0 Å². The molecule has 0 spiro atoms. The van der Waals surface area contributed by atoms with E-state index in [-0.39, 0.29) is 0 Å². The highest BCUT2D eigenvalue weighted by molar-refractivity contribution is 4.88. The van der Waals surface area contributed by atoms with E-state index in [1.165, 1.54) is 13.0 Å². The molecule has 0 aromatic carbocycles. The zero-order valence-electron chi connectivity index (χ0n) is 6.02. The number of nitrogens with zero attached hydrogens (tertiary/aromatic N) is 1. The SMILES string of the molecule is CCC(C)N1C[C@H]1C. The summed E-state index contributed by atoms with van der Waals surface area (Å²) in [6, 6.07) is 1.70. The second-order valence-corrected chi connectivity index (χ2v) is 2.80. The van der Waals surface area contributed by atoms with Crippen LogP contribution in [-0.2, 0) is 0 Å². The lowest BCUT2D eigenvalue weighted by molar-refractivity contribution is 0.391. The predicted octanol–water partition coefficient (Wildman–Crippen LogP) is 1.49.